The molecule has 2 aromatic carbocycles. The van der Waals surface area contributed by atoms with Crippen molar-refractivity contribution in [3.05, 3.63) is 65.7 Å². The van der Waals surface area contributed by atoms with Gasteiger partial charge in [0.25, 0.3) is 0 Å². The normalized spacial score (nSPS) is 10.4. The van der Waals surface area contributed by atoms with E-state index in [1.165, 1.54) is 24.0 Å². The average molecular weight is 326 g/mol. The second-order valence-electron chi connectivity index (χ2n) is 5.89. The SMILES string of the molecule is CCCCc1ccc(OC(=O)OCCCCc2ccccc2)cc1. The molecule has 0 saturated carbocycles. The van der Waals surface area contributed by atoms with Gasteiger partial charge in [0.05, 0.1) is 6.61 Å². The highest BCUT2D eigenvalue weighted by molar-refractivity contribution is 5.63. The maximum absolute atomic E-state index is 11.7. The van der Waals surface area contributed by atoms with Crippen molar-refractivity contribution < 1.29 is 14.3 Å². The second kappa shape index (κ2) is 10.5. The summed E-state index contributed by atoms with van der Waals surface area (Å²) in [6, 6.07) is 17.9. The van der Waals surface area contributed by atoms with E-state index in [-0.39, 0.29) is 0 Å². The number of hydrogen-bond donors (Lipinski definition) is 0. The molecule has 2 rings (SSSR count). The first-order chi connectivity index (χ1) is 11.8. The van der Waals surface area contributed by atoms with Crippen molar-refractivity contribution in [2.75, 3.05) is 6.61 Å². The summed E-state index contributed by atoms with van der Waals surface area (Å²) in [7, 11) is 0. The van der Waals surface area contributed by atoms with Crippen molar-refractivity contribution in [1.29, 1.82) is 0 Å². The highest BCUT2D eigenvalue weighted by atomic mass is 16.7. The fourth-order valence-electron chi connectivity index (χ4n) is 2.46. The van der Waals surface area contributed by atoms with Gasteiger partial charge in [-0.05, 0) is 55.4 Å². The van der Waals surface area contributed by atoms with Crippen LogP contribution < -0.4 is 4.74 Å². The van der Waals surface area contributed by atoms with Gasteiger partial charge in [-0.2, -0.15) is 0 Å². The molecule has 3 heteroatoms. The van der Waals surface area contributed by atoms with Gasteiger partial charge in [0.1, 0.15) is 5.75 Å². The summed E-state index contributed by atoms with van der Waals surface area (Å²) in [5, 5.41) is 0. The standard InChI is InChI=1S/C21H26O3/c1-2-3-9-19-13-15-20(16-14-19)24-21(22)23-17-8-7-12-18-10-5-4-6-11-18/h4-6,10-11,13-16H,2-3,7-9,12,17H2,1H3. The zero-order valence-corrected chi connectivity index (χ0v) is 14.4. The van der Waals surface area contributed by atoms with Gasteiger partial charge >= 0.3 is 6.16 Å². The Bertz CT molecular complexity index is 590. The predicted octanol–water partition coefficient (Wildman–Crippen LogP) is 5.57. The minimum absolute atomic E-state index is 0.389. The molecule has 0 aliphatic rings. The lowest BCUT2D eigenvalue weighted by molar-refractivity contribution is 0.0975. The van der Waals surface area contributed by atoms with Gasteiger partial charge in [0.2, 0.25) is 0 Å². The monoisotopic (exact) mass is 326 g/mol. The van der Waals surface area contributed by atoms with Gasteiger partial charge < -0.3 is 9.47 Å². The second-order valence-corrected chi connectivity index (χ2v) is 5.89. The van der Waals surface area contributed by atoms with Gasteiger partial charge in [-0.3, -0.25) is 0 Å². The Morgan fingerprint density at radius 2 is 1.50 bits per heavy atom. The number of ether oxygens (including phenoxy) is 2. The lowest BCUT2D eigenvalue weighted by Gasteiger charge is -2.07. The van der Waals surface area contributed by atoms with Gasteiger partial charge in [-0.15, -0.1) is 0 Å². The molecule has 0 saturated heterocycles. The van der Waals surface area contributed by atoms with Crippen LogP contribution in [0, 0.1) is 0 Å². The molecule has 0 fully saturated rings. The van der Waals surface area contributed by atoms with E-state index in [0.717, 1.165) is 25.7 Å². The topological polar surface area (TPSA) is 35.5 Å². The Morgan fingerprint density at radius 1 is 0.833 bits per heavy atom. The Labute approximate surface area is 144 Å². The van der Waals surface area contributed by atoms with Crippen LogP contribution in [0.2, 0.25) is 0 Å². The molecular weight excluding hydrogens is 300 g/mol. The molecule has 0 unspecified atom stereocenters. The van der Waals surface area contributed by atoms with Crippen molar-refractivity contribution in [1.82, 2.24) is 0 Å². The third kappa shape index (κ3) is 6.86. The van der Waals surface area contributed by atoms with Gasteiger partial charge in [0.15, 0.2) is 0 Å². The van der Waals surface area contributed by atoms with E-state index in [2.05, 4.69) is 19.1 Å². The number of unbranched alkanes of at least 4 members (excludes halogenated alkanes) is 2. The predicted molar refractivity (Wildman–Crippen MR) is 96.4 cm³/mol. The van der Waals surface area contributed by atoms with Crippen molar-refractivity contribution in [3.63, 3.8) is 0 Å². The smallest absolute Gasteiger partial charge is 0.434 e. The Hall–Kier alpha value is -2.29. The van der Waals surface area contributed by atoms with Crippen molar-refractivity contribution in [3.8, 4) is 5.75 Å². The summed E-state index contributed by atoms with van der Waals surface area (Å²) >= 11 is 0. The number of aryl methyl sites for hydroxylation is 2. The minimum atomic E-state index is -0.629. The molecule has 0 aromatic heterocycles. The number of benzene rings is 2. The summed E-state index contributed by atoms with van der Waals surface area (Å²) in [4.78, 5) is 11.7. The van der Waals surface area contributed by atoms with Crippen LogP contribution in [-0.4, -0.2) is 12.8 Å². The maximum atomic E-state index is 11.7. The number of carbonyl (C=O) groups is 1. The molecular formula is C21H26O3. The van der Waals surface area contributed by atoms with Crippen molar-refractivity contribution >= 4 is 6.16 Å². The molecule has 0 amide bonds. The highest BCUT2D eigenvalue weighted by Gasteiger charge is 2.06. The molecule has 0 spiro atoms. The molecule has 0 aliphatic heterocycles. The minimum Gasteiger partial charge on any atom is -0.434 e. The van der Waals surface area contributed by atoms with Gasteiger partial charge in [-0.25, -0.2) is 4.79 Å². The molecule has 0 atom stereocenters. The van der Waals surface area contributed by atoms with Crippen LogP contribution in [0.1, 0.15) is 43.7 Å². The highest BCUT2D eigenvalue weighted by Crippen LogP contribution is 2.14. The van der Waals surface area contributed by atoms with Crippen molar-refractivity contribution in [2.24, 2.45) is 0 Å². The molecule has 2 aromatic rings. The average Bonchev–Trinajstić information content (AvgIpc) is 2.62. The molecule has 0 bridgehead atoms. The largest absolute Gasteiger partial charge is 0.513 e. The number of rotatable bonds is 9. The third-order valence-corrected chi connectivity index (χ3v) is 3.87. The fourth-order valence-corrected chi connectivity index (χ4v) is 2.46. The number of hydrogen-bond acceptors (Lipinski definition) is 3. The van der Waals surface area contributed by atoms with Crippen LogP contribution in [0.5, 0.6) is 5.75 Å². The summed E-state index contributed by atoms with van der Waals surface area (Å²) in [6.45, 7) is 2.56. The van der Waals surface area contributed by atoms with Crippen LogP contribution in [0.3, 0.4) is 0 Å². The van der Waals surface area contributed by atoms with E-state index in [0.29, 0.717) is 12.4 Å². The first-order valence-electron chi connectivity index (χ1n) is 8.75. The lowest BCUT2D eigenvalue weighted by Crippen LogP contribution is -2.11. The summed E-state index contributed by atoms with van der Waals surface area (Å²) < 4.78 is 10.3. The Morgan fingerprint density at radius 3 is 2.21 bits per heavy atom. The fraction of sp³-hybridized carbons (Fsp3) is 0.381. The molecule has 0 radical (unpaired) electrons. The molecule has 0 heterocycles. The maximum Gasteiger partial charge on any atom is 0.513 e. The quantitative estimate of drug-likeness (QED) is 0.343. The van der Waals surface area contributed by atoms with E-state index < -0.39 is 6.16 Å². The van der Waals surface area contributed by atoms with Gasteiger partial charge in [0, 0.05) is 0 Å². The van der Waals surface area contributed by atoms with E-state index >= 15 is 0 Å². The zero-order chi connectivity index (χ0) is 17.0. The van der Waals surface area contributed by atoms with E-state index in [1.807, 2.05) is 42.5 Å². The first-order valence-corrected chi connectivity index (χ1v) is 8.75. The number of carbonyl (C=O) groups excluding carboxylic acids is 1. The summed E-state index contributed by atoms with van der Waals surface area (Å²) in [6.07, 6.45) is 5.60. The van der Waals surface area contributed by atoms with Crippen LogP contribution in [0.4, 0.5) is 4.79 Å². The van der Waals surface area contributed by atoms with Crippen LogP contribution in [0.25, 0.3) is 0 Å². The lowest BCUT2D eigenvalue weighted by atomic mass is 10.1. The Kier molecular flexibility index (Phi) is 7.88. The van der Waals surface area contributed by atoms with Crippen molar-refractivity contribution in [2.45, 2.75) is 45.4 Å². The Balaban J connectivity index is 1.60. The molecule has 128 valence electrons. The van der Waals surface area contributed by atoms with Crippen LogP contribution in [0.15, 0.2) is 54.6 Å². The summed E-state index contributed by atoms with van der Waals surface area (Å²) in [5.74, 6) is 0.532. The van der Waals surface area contributed by atoms with Crippen LogP contribution >= 0.6 is 0 Å². The van der Waals surface area contributed by atoms with E-state index in [4.69, 9.17) is 9.47 Å². The third-order valence-electron chi connectivity index (χ3n) is 3.87. The molecule has 24 heavy (non-hydrogen) atoms. The first kappa shape index (κ1) is 18.1. The van der Waals surface area contributed by atoms with Gasteiger partial charge in [-0.1, -0.05) is 55.8 Å². The van der Waals surface area contributed by atoms with E-state index in [1.54, 1.807) is 0 Å². The van der Waals surface area contributed by atoms with Crippen LogP contribution in [-0.2, 0) is 17.6 Å². The zero-order valence-electron chi connectivity index (χ0n) is 14.4. The summed E-state index contributed by atoms with van der Waals surface area (Å²) in [5.41, 5.74) is 2.57. The van der Waals surface area contributed by atoms with E-state index in [9.17, 15) is 4.79 Å². The molecule has 3 nitrogen and oxygen atoms in total. The molecule has 0 aliphatic carbocycles. The molecule has 0 N–H and O–H groups in total.